The molecular weight excluding hydrogens is 309 g/mol. The normalized spacial score (nSPS) is 10.7. The zero-order chi connectivity index (χ0) is 14.2. The first-order chi connectivity index (χ1) is 8.95. The lowest BCUT2D eigenvalue weighted by atomic mass is 10.1. The molecule has 100 valence electrons. The molecule has 1 N–H and O–H groups in total. The smallest absolute Gasteiger partial charge is 0.352 e. The van der Waals surface area contributed by atoms with Crippen LogP contribution in [0.4, 0.5) is 0 Å². The standard InChI is InChI=1S/C13H10Cl3NO2/c1-2-17-11(3-4-12(17)13(18)19)7-5-9(15)10(16)6-8(7)14/h3-6H,2H2,1H3,(H,18,19). The third-order valence-corrected chi connectivity index (χ3v) is 3.84. The lowest BCUT2D eigenvalue weighted by Crippen LogP contribution is -2.08. The molecule has 6 heteroatoms. The van der Waals surface area contributed by atoms with Gasteiger partial charge >= 0.3 is 5.97 Å². The second-order valence-corrected chi connectivity index (χ2v) is 5.12. The molecule has 0 amide bonds. The van der Waals surface area contributed by atoms with Crippen LogP contribution in [0.1, 0.15) is 17.4 Å². The third-order valence-electron chi connectivity index (χ3n) is 2.80. The van der Waals surface area contributed by atoms with E-state index in [1.54, 1.807) is 28.8 Å². The van der Waals surface area contributed by atoms with Crippen LogP contribution in [-0.2, 0) is 6.54 Å². The molecule has 0 aliphatic rings. The van der Waals surface area contributed by atoms with Crippen LogP contribution in [0.3, 0.4) is 0 Å². The molecule has 0 atom stereocenters. The molecule has 0 bridgehead atoms. The van der Waals surface area contributed by atoms with Crippen LogP contribution in [0.2, 0.25) is 15.1 Å². The molecule has 0 aliphatic carbocycles. The summed E-state index contributed by atoms with van der Waals surface area (Å²) in [5.74, 6) is -0.982. The zero-order valence-corrected chi connectivity index (χ0v) is 12.2. The van der Waals surface area contributed by atoms with Gasteiger partial charge < -0.3 is 9.67 Å². The summed E-state index contributed by atoms with van der Waals surface area (Å²) < 4.78 is 1.66. The van der Waals surface area contributed by atoms with Crippen molar-refractivity contribution in [2.45, 2.75) is 13.5 Å². The van der Waals surface area contributed by atoms with Gasteiger partial charge in [0.05, 0.1) is 20.8 Å². The number of aromatic nitrogens is 1. The Labute approximate surface area is 125 Å². The number of carbonyl (C=O) groups is 1. The van der Waals surface area contributed by atoms with Crippen molar-refractivity contribution in [3.8, 4) is 11.3 Å². The van der Waals surface area contributed by atoms with Gasteiger partial charge in [-0.25, -0.2) is 4.79 Å². The van der Waals surface area contributed by atoms with Crippen LogP contribution in [0.15, 0.2) is 24.3 Å². The van der Waals surface area contributed by atoms with Crippen LogP contribution < -0.4 is 0 Å². The molecule has 2 rings (SSSR count). The largest absolute Gasteiger partial charge is 0.477 e. The summed E-state index contributed by atoms with van der Waals surface area (Å²) in [5, 5.41) is 10.3. The van der Waals surface area contributed by atoms with Crippen LogP contribution in [0.25, 0.3) is 11.3 Å². The Balaban J connectivity index is 2.66. The van der Waals surface area contributed by atoms with Gasteiger partial charge in [-0.1, -0.05) is 34.8 Å². The number of halogens is 3. The minimum atomic E-state index is -0.982. The summed E-state index contributed by atoms with van der Waals surface area (Å²) in [6.07, 6.45) is 0. The first kappa shape index (κ1) is 14.3. The van der Waals surface area contributed by atoms with Crippen molar-refractivity contribution in [3.63, 3.8) is 0 Å². The Kier molecular flexibility index (Phi) is 4.09. The van der Waals surface area contributed by atoms with Gasteiger partial charge in [0.1, 0.15) is 5.69 Å². The SMILES string of the molecule is CCn1c(C(=O)O)ccc1-c1cc(Cl)c(Cl)cc1Cl. The number of carboxylic acids is 1. The molecule has 0 spiro atoms. The van der Waals surface area contributed by atoms with E-state index in [2.05, 4.69) is 0 Å². The number of aromatic carboxylic acids is 1. The molecular formula is C13H10Cl3NO2. The number of carboxylic acid groups (broad SMARTS) is 1. The van der Waals surface area contributed by atoms with Crippen molar-refractivity contribution in [2.75, 3.05) is 0 Å². The second-order valence-electron chi connectivity index (χ2n) is 3.90. The molecule has 1 heterocycles. The van der Waals surface area contributed by atoms with Crippen molar-refractivity contribution in [2.24, 2.45) is 0 Å². The lowest BCUT2D eigenvalue weighted by molar-refractivity contribution is 0.0685. The predicted octanol–water partition coefficient (Wildman–Crippen LogP) is 4.83. The third kappa shape index (κ3) is 2.59. The minimum Gasteiger partial charge on any atom is -0.477 e. The fourth-order valence-corrected chi connectivity index (χ4v) is 2.59. The quantitative estimate of drug-likeness (QED) is 0.823. The Hall–Kier alpha value is -1.16. The average molecular weight is 319 g/mol. The van der Waals surface area contributed by atoms with Gasteiger partial charge in [-0.2, -0.15) is 0 Å². The summed E-state index contributed by atoms with van der Waals surface area (Å²) >= 11 is 18.0. The number of hydrogen-bond acceptors (Lipinski definition) is 1. The lowest BCUT2D eigenvalue weighted by Gasteiger charge is -2.11. The van der Waals surface area contributed by atoms with Gasteiger partial charge in [-0.15, -0.1) is 0 Å². The molecule has 0 saturated carbocycles. The molecule has 1 aromatic carbocycles. The maximum absolute atomic E-state index is 11.1. The fourth-order valence-electron chi connectivity index (χ4n) is 1.95. The molecule has 0 unspecified atom stereocenters. The number of hydrogen-bond donors (Lipinski definition) is 1. The van der Waals surface area contributed by atoms with Crippen molar-refractivity contribution < 1.29 is 9.90 Å². The molecule has 0 radical (unpaired) electrons. The van der Waals surface area contributed by atoms with E-state index in [4.69, 9.17) is 39.9 Å². The van der Waals surface area contributed by atoms with E-state index in [9.17, 15) is 4.79 Å². The van der Waals surface area contributed by atoms with E-state index in [0.29, 0.717) is 32.9 Å². The maximum atomic E-state index is 11.1. The van der Waals surface area contributed by atoms with Gasteiger partial charge in [-0.3, -0.25) is 0 Å². The Morgan fingerprint density at radius 3 is 2.37 bits per heavy atom. The molecule has 3 nitrogen and oxygen atoms in total. The van der Waals surface area contributed by atoms with Crippen molar-refractivity contribution >= 4 is 40.8 Å². The van der Waals surface area contributed by atoms with Crippen LogP contribution in [0, 0.1) is 0 Å². The van der Waals surface area contributed by atoms with Gasteiger partial charge in [0.15, 0.2) is 0 Å². The highest BCUT2D eigenvalue weighted by molar-refractivity contribution is 6.44. The van der Waals surface area contributed by atoms with Crippen molar-refractivity contribution in [1.29, 1.82) is 0 Å². The van der Waals surface area contributed by atoms with Gasteiger partial charge in [0.25, 0.3) is 0 Å². The zero-order valence-electron chi connectivity index (χ0n) is 9.95. The maximum Gasteiger partial charge on any atom is 0.352 e. The number of benzene rings is 1. The van der Waals surface area contributed by atoms with Crippen molar-refractivity contribution in [3.05, 3.63) is 45.0 Å². The first-order valence-electron chi connectivity index (χ1n) is 5.53. The Morgan fingerprint density at radius 1 is 1.16 bits per heavy atom. The van der Waals surface area contributed by atoms with Crippen molar-refractivity contribution in [1.82, 2.24) is 4.57 Å². The van der Waals surface area contributed by atoms with Gasteiger partial charge in [-0.05, 0) is 31.2 Å². The van der Waals surface area contributed by atoms with Gasteiger partial charge in [0, 0.05) is 12.1 Å². The van der Waals surface area contributed by atoms with Crippen LogP contribution in [-0.4, -0.2) is 15.6 Å². The Bertz CT molecular complexity index is 650. The Morgan fingerprint density at radius 2 is 1.79 bits per heavy atom. The molecule has 2 aromatic rings. The van der Waals surface area contributed by atoms with E-state index in [-0.39, 0.29) is 5.69 Å². The highest BCUT2D eigenvalue weighted by atomic mass is 35.5. The summed E-state index contributed by atoms with van der Waals surface area (Å²) in [6, 6.07) is 6.44. The van der Waals surface area contributed by atoms with E-state index in [0.717, 1.165) is 0 Å². The highest BCUT2D eigenvalue weighted by Crippen LogP contribution is 2.36. The topological polar surface area (TPSA) is 42.2 Å². The monoisotopic (exact) mass is 317 g/mol. The second kappa shape index (κ2) is 5.45. The molecule has 0 aliphatic heterocycles. The first-order valence-corrected chi connectivity index (χ1v) is 6.66. The predicted molar refractivity (Wildman–Crippen MR) is 77.5 cm³/mol. The summed E-state index contributed by atoms with van der Waals surface area (Å²) in [7, 11) is 0. The van der Waals surface area contributed by atoms with E-state index in [1.807, 2.05) is 6.92 Å². The van der Waals surface area contributed by atoms with E-state index >= 15 is 0 Å². The number of nitrogens with zero attached hydrogens (tertiary/aromatic N) is 1. The summed E-state index contributed by atoms with van der Waals surface area (Å²) in [4.78, 5) is 11.1. The highest BCUT2D eigenvalue weighted by Gasteiger charge is 2.17. The molecule has 19 heavy (non-hydrogen) atoms. The van der Waals surface area contributed by atoms with E-state index < -0.39 is 5.97 Å². The molecule has 0 fully saturated rings. The molecule has 1 aromatic heterocycles. The summed E-state index contributed by atoms with van der Waals surface area (Å²) in [6.45, 7) is 2.38. The summed E-state index contributed by atoms with van der Waals surface area (Å²) in [5.41, 5.74) is 1.56. The average Bonchev–Trinajstić information content (AvgIpc) is 2.77. The van der Waals surface area contributed by atoms with E-state index in [1.165, 1.54) is 0 Å². The fraction of sp³-hybridized carbons (Fsp3) is 0.154. The van der Waals surface area contributed by atoms with Crippen LogP contribution in [0.5, 0.6) is 0 Å². The van der Waals surface area contributed by atoms with Gasteiger partial charge in [0.2, 0.25) is 0 Å². The number of rotatable bonds is 3. The minimum absolute atomic E-state index is 0.208. The van der Waals surface area contributed by atoms with Crippen LogP contribution >= 0.6 is 34.8 Å². The molecule has 0 saturated heterocycles.